The smallest absolute Gasteiger partial charge is 0.417 e. The van der Waals surface area contributed by atoms with Crippen molar-refractivity contribution in [3.63, 3.8) is 0 Å². The Morgan fingerprint density at radius 3 is 2.41 bits per heavy atom. The molecule has 0 aromatic carbocycles. The summed E-state index contributed by atoms with van der Waals surface area (Å²) < 4.78 is 5.92. The van der Waals surface area contributed by atoms with Gasteiger partial charge in [-0.15, -0.1) is 0 Å². The number of aromatic amines is 1. The monoisotopic (exact) mass is 412 g/mol. The molecule has 12 heteroatoms. The zero-order chi connectivity index (χ0) is 22.5. The Morgan fingerprint density at radius 2 is 1.93 bits per heavy atom. The van der Waals surface area contributed by atoms with Crippen LogP contribution in [0.25, 0.3) is 0 Å². The molecule has 160 valence electrons. The molecule has 2 atom stereocenters. The van der Waals surface area contributed by atoms with E-state index in [1.807, 2.05) is 4.98 Å². The summed E-state index contributed by atoms with van der Waals surface area (Å²) in [4.78, 5) is 73.6. The summed E-state index contributed by atoms with van der Waals surface area (Å²) in [6.07, 6.45) is -0.450. The summed E-state index contributed by atoms with van der Waals surface area (Å²) >= 11 is 0. The molecule has 0 fully saturated rings. The predicted octanol–water partition coefficient (Wildman–Crippen LogP) is -1.02. The molecule has 0 aliphatic rings. The Kier molecular flexibility index (Phi) is 7.60. The molecule has 0 aliphatic heterocycles. The largest absolute Gasteiger partial charge is 0.480 e. The summed E-state index contributed by atoms with van der Waals surface area (Å²) in [6.45, 7) is 5.17. The van der Waals surface area contributed by atoms with E-state index in [1.165, 1.54) is 27.7 Å². The number of hydrogen-bond donors (Lipinski definition) is 3. The zero-order valence-corrected chi connectivity index (χ0v) is 16.5. The number of aromatic nitrogens is 2. The van der Waals surface area contributed by atoms with Gasteiger partial charge in [0.05, 0.1) is 6.04 Å². The topological polar surface area (TPSA) is 182 Å². The number of hydrogen-bond acceptors (Lipinski definition) is 8. The molecule has 1 aromatic heterocycles. The van der Waals surface area contributed by atoms with Crippen molar-refractivity contribution in [1.29, 1.82) is 0 Å². The minimum atomic E-state index is -1.81. The first kappa shape index (κ1) is 23.8. The quantitative estimate of drug-likeness (QED) is 0.472. The van der Waals surface area contributed by atoms with Gasteiger partial charge in [-0.2, -0.15) is 0 Å². The molecule has 1 rings (SSSR count). The molecule has 0 spiro atoms. The lowest BCUT2D eigenvalue weighted by Crippen LogP contribution is -2.53. The van der Waals surface area contributed by atoms with Crippen LogP contribution in [0.3, 0.4) is 0 Å². The van der Waals surface area contributed by atoms with Gasteiger partial charge in [-0.1, -0.05) is 0 Å². The lowest BCUT2D eigenvalue weighted by Gasteiger charge is -2.30. The molecule has 4 N–H and O–H groups in total. The van der Waals surface area contributed by atoms with Crippen LogP contribution in [0.1, 0.15) is 32.8 Å². The van der Waals surface area contributed by atoms with Gasteiger partial charge in [-0.25, -0.2) is 19.3 Å². The number of rotatable bonds is 7. The minimum absolute atomic E-state index is 0.124. The van der Waals surface area contributed by atoms with Crippen molar-refractivity contribution in [3.05, 3.63) is 32.6 Å². The normalized spacial score (nSPS) is 13.3. The summed E-state index contributed by atoms with van der Waals surface area (Å²) in [5, 5.41) is 9.50. The highest BCUT2D eigenvalue weighted by atomic mass is 16.6. The van der Waals surface area contributed by atoms with E-state index in [-0.39, 0.29) is 11.8 Å². The fourth-order valence-electron chi connectivity index (χ4n) is 2.30. The third-order valence-corrected chi connectivity index (χ3v) is 3.62. The minimum Gasteiger partial charge on any atom is -0.480 e. The van der Waals surface area contributed by atoms with Crippen molar-refractivity contribution >= 4 is 24.3 Å². The van der Waals surface area contributed by atoms with Crippen molar-refractivity contribution in [3.8, 4) is 0 Å². The van der Waals surface area contributed by atoms with Crippen LogP contribution in [0.4, 0.5) is 4.79 Å². The fourth-order valence-corrected chi connectivity index (χ4v) is 2.30. The van der Waals surface area contributed by atoms with Gasteiger partial charge in [-0.05, 0) is 27.7 Å². The Labute approximate surface area is 165 Å². The molecule has 1 aromatic rings. The Hall–Kier alpha value is -3.28. The summed E-state index contributed by atoms with van der Waals surface area (Å²) in [5.41, 5.74) is 2.97. The maximum absolute atomic E-state index is 12.8. The highest BCUT2D eigenvalue weighted by molar-refractivity contribution is 5.96. The fraction of sp³-hybridized carbons (Fsp3) is 0.529. The van der Waals surface area contributed by atoms with Crippen molar-refractivity contribution in [1.82, 2.24) is 14.5 Å². The first-order valence-corrected chi connectivity index (χ1v) is 8.56. The molecule has 0 saturated heterocycles. The van der Waals surface area contributed by atoms with Crippen LogP contribution >= 0.6 is 0 Å². The number of carbonyl (C=O) groups is 4. The summed E-state index contributed by atoms with van der Waals surface area (Å²) in [5.74, 6) is -2.69. The lowest BCUT2D eigenvalue weighted by molar-refractivity contribution is -0.150. The maximum Gasteiger partial charge on any atom is 0.417 e. The number of imide groups is 1. The third-order valence-electron chi connectivity index (χ3n) is 3.62. The van der Waals surface area contributed by atoms with E-state index in [0.717, 1.165) is 10.8 Å². The van der Waals surface area contributed by atoms with Crippen LogP contribution in [0.5, 0.6) is 0 Å². The molecule has 0 saturated carbocycles. The summed E-state index contributed by atoms with van der Waals surface area (Å²) in [6, 6.07) is -3.07. The van der Waals surface area contributed by atoms with Crippen LogP contribution in [0.15, 0.2) is 15.8 Å². The molecule has 12 nitrogen and oxygen atoms in total. The first-order chi connectivity index (χ1) is 13.3. The Bertz CT molecular complexity index is 911. The van der Waals surface area contributed by atoms with E-state index in [1.54, 1.807) is 0 Å². The molecule has 29 heavy (non-hydrogen) atoms. The summed E-state index contributed by atoms with van der Waals surface area (Å²) in [7, 11) is 0. The number of amides is 2. The van der Waals surface area contributed by atoms with Crippen LogP contribution in [0, 0.1) is 6.92 Å². The van der Waals surface area contributed by atoms with Gasteiger partial charge in [0.1, 0.15) is 24.5 Å². The van der Waals surface area contributed by atoms with Gasteiger partial charge < -0.3 is 20.4 Å². The van der Waals surface area contributed by atoms with Gasteiger partial charge in [0, 0.05) is 18.2 Å². The van der Waals surface area contributed by atoms with Crippen LogP contribution in [-0.4, -0.2) is 61.5 Å². The van der Waals surface area contributed by atoms with Crippen LogP contribution in [-0.2, 0) is 25.7 Å². The molecule has 1 heterocycles. The molecule has 0 bridgehead atoms. The number of ether oxygens (including phenoxy) is 1. The Morgan fingerprint density at radius 1 is 1.34 bits per heavy atom. The average Bonchev–Trinajstić information content (AvgIpc) is 2.57. The van der Waals surface area contributed by atoms with E-state index in [4.69, 9.17) is 10.5 Å². The van der Waals surface area contributed by atoms with Crippen LogP contribution in [0.2, 0.25) is 0 Å². The number of carboxylic acid groups (broad SMARTS) is 1. The average molecular weight is 412 g/mol. The van der Waals surface area contributed by atoms with Crippen LogP contribution < -0.4 is 17.0 Å². The van der Waals surface area contributed by atoms with Crippen molar-refractivity contribution in [2.24, 2.45) is 5.73 Å². The number of carboxylic acids is 1. The first-order valence-electron chi connectivity index (χ1n) is 8.56. The number of carbonyl (C=O) groups excluding carboxylic acids is 3. The standard InChI is InChI=1S/C17H24N4O8/c1-9-6-20(15(27)19-13(9)24)7-12(23)21(16(28)29-17(2,3)4)11(14(25)26)5-10(18)8-22/h6,8,10-11H,5,7,18H2,1-4H3,(H,25,26)(H,19,24,27). The van der Waals surface area contributed by atoms with Crippen molar-refractivity contribution in [2.75, 3.05) is 0 Å². The number of nitrogens with zero attached hydrogens (tertiary/aromatic N) is 2. The van der Waals surface area contributed by atoms with Gasteiger partial charge in [0.15, 0.2) is 0 Å². The molecule has 0 aliphatic carbocycles. The molecule has 2 amide bonds. The lowest BCUT2D eigenvalue weighted by atomic mass is 10.1. The maximum atomic E-state index is 12.8. The third kappa shape index (κ3) is 6.68. The van der Waals surface area contributed by atoms with Crippen molar-refractivity contribution in [2.45, 2.75) is 58.3 Å². The van der Waals surface area contributed by atoms with Gasteiger partial charge in [0.25, 0.3) is 11.5 Å². The molecule has 2 unspecified atom stereocenters. The molecular weight excluding hydrogens is 388 g/mol. The van der Waals surface area contributed by atoms with E-state index in [9.17, 15) is 33.9 Å². The van der Waals surface area contributed by atoms with E-state index >= 15 is 0 Å². The number of aliphatic carboxylic acids is 1. The van der Waals surface area contributed by atoms with Gasteiger partial charge in [0.2, 0.25) is 0 Å². The van der Waals surface area contributed by atoms with Gasteiger partial charge >= 0.3 is 17.8 Å². The molecular formula is C17H24N4O8. The highest BCUT2D eigenvalue weighted by Crippen LogP contribution is 2.15. The SMILES string of the molecule is Cc1cn(CC(=O)N(C(=O)OC(C)(C)C)C(CC(N)C=O)C(=O)O)c(=O)[nH]c1=O. The second-order valence-corrected chi connectivity index (χ2v) is 7.33. The number of aryl methyl sites for hydroxylation is 1. The number of nitrogens with two attached hydrogens (primary N) is 1. The van der Waals surface area contributed by atoms with Crippen molar-refractivity contribution < 1.29 is 29.0 Å². The number of H-pyrrole nitrogens is 1. The zero-order valence-electron chi connectivity index (χ0n) is 16.5. The van der Waals surface area contributed by atoms with Gasteiger partial charge in [-0.3, -0.25) is 19.1 Å². The predicted molar refractivity (Wildman–Crippen MR) is 99.2 cm³/mol. The van der Waals surface area contributed by atoms with E-state index < -0.39 is 59.9 Å². The number of nitrogens with one attached hydrogen (secondary N) is 1. The highest BCUT2D eigenvalue weighted by Gasteiger charge is 2.38. The molecule has 0 radical (unpaired) electrons. The Balaban J connectivity index is 3.36. The van der Waals surface area contributed by atoms with E-state index in [0.29, 0.717) is 4.90 Å². The second kappa shape index (κ2) is 9.28. The number of aldehydes is 1. The second-order valence-electron chi connectivity index (χ2n) is 7.33. The van der Waals surface area contributed by atoms with E-state index in [2.05, 4.69) is 0 Å².